The van der Waals surface area contributed by atoms with Gasteiger partial charge in [0, 0.05) is 35.8 Å². The van der Waals surface area contributed by atoms with Crippen LogP contribution < -0.4 is 91.0 Å². The maximum Gasteiger partial charge on any atom is 1.00 e. The van der Waals surface area contributed by atoms with Crippen molar-refractivity contribution >= 4 is 90.8 Å². The molecule has 0 fully saturated rings. The number of benzene rings is 4. The van der Waals surface area contributed by atoms with Gasteiger partial charge in [0.25, 0.3) is 0 Å². The summed E-state index contributed by atoms with van der Waals surface area (Å²) in [6.45, 7) is 4.73. The number of nitrogens with one attached hydrogen (secondary N) is 6. The van der Waals surface area contributed by atoms with E-state index in [2.05, 4.69) is 61.8 Å². The van der Waals surface area contributed by atoms with Gasteiger partial charge in [-0.2, -0.15) is 29.9 Å². The van der Waals surface area contributed by atoms with Crippen molar-refractivity contribution in [2.24, 2.45) is 0 Å². The van der Waals surface area contributed by atoms with Gasteiger partial charge in [0.2, 0.25) is 35.7 Å². The molecule has 0 bridgehead atoms. The summed E-state index contributed by atoms with van der Waals surface area (Å²) in [5.41, 5.74) is 1.61. The Morgan fingerprint density at radius 2 is 0.776 bits per heavy atom. The molecule has 0 aliphatic heterocycles. The maximum absolute atomic E-state index is 12.4. The fraction of sp³-hybridized carbons (Fsp3) is 0.111. The normalized spacial score (nSPS) is 11.2. The van der Waals surface area contributed by atoms with E-state index >= 15 is 0 Å². The molecule has 22 heteroatoms. The third-order valence-electron chi connectivity index (χ3n) is 7.52. The molecule has 0 saturated heterocycles. The summed E-state index contributed by atoms with van der Waals surface area (Å²) in [5, 5.41) is 18.0. The Morgan fingerprint density at radius 1 is 0.466 bits per heavy atom. The molecular weight excluding hydrogens is 807 g/mol. The van der Waals surface area contributed by atoms with Crippen LogP contribution in [0.1, 0.15) is 25.0 Å². The van der Waals surface area contributed by atoms with E-state index in [1.165, 1.54) is 36.4 Å². The first kappa shape index (κ1) is 46.0. The molecule has 6 aromatic rings. The third kappa shape index (κ3) is 12.9. The molecule has 0 aliphatic rings. The number of hydrogen-bond acceptors (Lipinski definition) is 18. The molecule has 2 aromatic heterocycles. The van der Waals surface area contributed by atoms with Crippen LogP contribution in [0.4, 0.5) is 58.4 Å². The Hall–Kier alpha value is -4.74. The van der Waals surface area contributed by atoms with Gasteiger partial charge < -0.3 is 41.0 Å². The minimum absolute atomic E-state index is 0. The van der Waals surface area contributed by atoms with Crippen molar-refractivity contribution in [3.05, 3.63) is 108 Å². The molecule has 0 spiro atoms. The van der Waals surface area contributed by atoms with Gasteiger partial charge >= 0.3 is 59.1 Å². The van der Waals surface area contributed by atoms with Crippen molar-refractivity contribution in [1.29, 1.82) is 0 Å². The van der Waals surface area contributed by atoms with E-state index in [-0.39, 0.29) is 117 Å². The van der Waals surface area contributed by atoms with Crippen LogP contribution in [0.25, 0.3) is 12.2 Å². The van der Waals surface area contributed by atoms with E-state index in [0.29, 0.717) is 24.5 Å². The Bertz CT molecular complexity index is 2420. The number of rotatable bonds is 16. The Kier molecular flexibility index (Phi) is 16.5. The van der Waals surface area contributed by atoms with E-state index < -0.39 is 30.0 Å². The molecular formula is C36H34N12Na2O6S2. The van der Waals surface area contributed by atoms with Crippen LogP contribution in [0.3, 0.4) is 0 Å². The predicted molar refractivity (Wildman–Crippen MR) is 212 cm³/mol. The topological polar surface area (TPSA) is 264 Å². The fourth-order valence-corrected chi connectivity index (χ4v) is 6.51. The van der Waals surface area contributed by atoms with Gasteiger partial charge in [-0.1, -0.05) is 60.7 Å². The van der Waals surface area contributed by atoms with Crippen molar-refractivity contribution < 1.29 is 85.1 Å². The number of para-hydroxylation sites is 2. The molecule has 0 radical (unpaired) electrons. The first-order valence-electron chi connectivity index (χ1n) is 16.9. The van der Waals surface area contributed by atoms with Crippen molar-refractivity contribution in [3.8, 4) is 0 Å². The van der Waals surface area contributed by atoms with Crippen molar-refractivity contribution in [1.82, 2.24) is 29.9 Å². The molecule has 6 N–H and O–H groups in total. The maximum atomic E-state index is 12.4. The van der Waals surface area contributed by atoms with Crippen LogP contribution in [-0.4, -0.2) is 68.9 Å². The van der Waals surface area contributed by atoms with Gasteiger partial charge in [0.05, 0.1) is 9.79 Å². The summed E-state index contributed by atoms with van der Waals surface area (Å²) in [6.07, 6.45) is 2.44. The van der Waals surface area contributed by atoms with Crippen molar-refractivity contribution in [2.45, 2.75) is 23.6 Å². The Balaban J connectivity index is 0.00000372. The molecule has 58 heavy (non-hydrogen) atoms. The SMILES string of the molecule is CCNc1nc(Nc2ccccc2)nc(Nc2ccc(/C=C/c3ccc(Nc4nc(NCC)nc(Nc5ccccc5)n4)cc3S(=O)(=O)[O-])c(S(=O)(=O)[O-])c2)n1.[Na+].[Na+]. The number of aromatic nitrogens is 6. The Morgan fingerprint density at radius 3 is 1.09 bits per heavy atom. The van der Waals surface area contributed by atoms with Crippen molar-refractivity contribution in [3.63, 3.8) is 0 Å². The summed E-state index contributed by atoms with van der Waals surface area (Å²) in [4.78, 5) is 24.8. The van der Waals surface area contributed by atoms with Crippen LogP contribution in [0.2, 0.25) is 0 Å². The predicted octanol–water partition coefficient (Wildman–Crippen LogP) is -0.119. The monoisotopic (exact) mass is 840 g/mol. The molecule has 0 amide bonds. The van der Waals surface area contributed by atoms with Crippen LogP contribution in [-0.2, 0) is 20.2 Å². The van der Waals surface area contributed by atoms with Gasteiger partial charge in [-0.15, -0.1) is 0 Å². The zero-order valence-electron chi connectivity index (χ0n) is 31.8. The number of nitrogens with zero attached hydrogens (tertiary/aromatic N) is 6. The van der Waals surface area contributed by atoms with Gasteiger partial charge in [-0.05, 0) is 73.5 Å². The number of hydrogen-bond donors (Lipinski definition) is 6. The summed E-state index contributed by atoms with van der Waals surface area (Å²) in [7, 11) is -10.1. The van der Waals surface area contributed by atoms with Crippen LogP contribution in [0, 0.1) is 0 Å². The van der Waals surface area contributed by atoms with E-state index in [1.807, 2.05) is 74.5 Å². The fourth-order valence-electron chi connectivity index (χ4n) is 5.12. The van der Waals surface area contributed by atoms with E-state index in [4.69, 9.17) is 0 Å². The Labute approximate surface area is 379 Å². The van der Waals surface area contributed by atoms with Crippen LogP contribution in [0.15, 0.2) is 107 Å². The van der Waals surface area contributed by atoms with Crippen LogP contribution >= 0.6 is 0 Å². The van der Waals surface area contributed by atoms with Gasteiger partial charge in [-0.3, -0.25) is 0 Å². The minimum Gasteiger partial charge on any atom is -0.744 e. The zero-order valence-corrected chi connectivity index (χ0v) is 37.4. The second-order valence-electron chi connectivity index (χ2n) is 11.7. The molecule has 288 valence electrons. The van der Waals surface area contributed by atoms with Gasteiger partial charge in [-0.25, -0.2) is 16.8 Å². The quantitative estimate of drug-likeness (QED) is 0.0422. The largest absolute Gasteiger partial charge is 1.00 e. The first-order valence-corrected chi connectivity index (χ1v) is 19.7. The summed E-state index contributed by atoms with van der Waals surface area (Å²) < 4.78 is 74.7. The first-order chi connectivity index (χ1) is 26.9. The average molecular weight is 841 g/mol. The second kappa shape index (κ2) is 20.8. The molecule has 6 rings (SSSR count). The molecule has 0 saturated carbocycles. The van der Waals surface area contributed by atoms with Crippen molar-refractivity contribution in [2.75, 3.05) is 45.0 Å². The average Bonchev–Trinajstić information content (AvgIpc) is 3.15. The van der Waals surface area contributed by atoms with Gasteiger partial charge in [0.15, 0.2) is 0 Å². The smallest absolute Gasteiger partial charge is 0.744 e. The summed E-state index contributed by atoms with van der Waals surface area (Å²) in [6, 6.07) is 26.2. The summed E-state index contributed by atoms with van der Waals surface area (Å²) >= 11 is 0. The molecule has 2 heterocycles. The number of anilines is 10. The van der Waals surface area contributed by atoms with Crippen LogP contribution in [0.5, 0.6) is 0 Å². The molecule has 0 unspecified atom stereocenters. The van der Waals surface area contributed by atoms with E-state index in [1.54, 1.807) is 0 Å². The third-order valence-corrected chi connectivity index (χ3v) is 9.31. The molecule has 0 atom stereocenters. The second-order valence-corrected chi connectivity index (χ2v) is 14.3. The molecule has 0 aliphatic carbocycles. The van der Waals surface area contributed by atoms with E-state index in [0.717, 1.165) is 12.1 Å². The molecule has 4 aromatic carbocycles. The zero-order chi connectivity index (χ0) is 39.7. The summed E-state index contributed by atoms with van der Waals surface area (Å²) in [5.74, 6) is 0.960. The van der Waals surface area contributed by atoms with E-state index in [9.17, 15) is 25.9 Å². The standard InChI is InChI=1S/C36H36N12O6S2.2Na/c1-3-37-31-43-33(39-25-11-7-5-8-12-25)47-35(45-31)41-27-19-17-23(29(21-27)55(49,50)51)15-16-24-18-20-28(22-30(24)56(52,53)54)42-36-46-32(38-4-2)44-34(48-36)40-26-13-9-6-10-14-26;;/h5-22H,3-4H2,1-2H3,(H,49,50,51)(H,52,53,54)(H3,37,39,41,43,45,47)(H3,38,40,42,44,46,48);;/q;2*+1/p-2/b16-15+;;. The minimum atomic E-state index is -5.07. The molecule has 18 nitrogen and oxygen atoms in total. The van der Waals surface area contributed by atoms with Gasteiger partial charge in [0.1, 0.15) is 20.2 Å².